The van der Waals surface area contributed by atoms with Crippen LogP contribution in [-0.2, 0) is 9.59 Å². The van der Waals surface area contributed by atoms with Crippen molar-refractivity contribution in [1.29, 1.82) is 0 Å². The molecule has 0 atom stereocenters. The lowest BCUT2D eigenvalue weighted by Gasteiger charge is -2.13. The number of carbonyl (C=O) groups is 2. The van der Waals surface area contributed by atoms with E-state index in [4.69, 9.17) is 8.83 Å². The fourth-order valence-corrected chi connectivity index (χ4v) is 2.35. The van der Waals surface area contributed by atoms with Gasteiger partial charge in [0.15, 0.2) is 0 Å². The van der Waals surface area contributed by atoms with Crippen LogP contribution in [0.1, 0.15) is 17.4 Å². The third-order valence-electron chi connectivity index (χ3n) is 3.53. The molecule has 128 valence electrons. The molecule has 6 nitrogen and oxygen atoms in total. The van der Waals surface area contributed by atoms with Crippen LogP contribution in [-0.4, -0.2) is 18.4 Å². The first-order valence-corrected chi connectivity index (χ1v) is 7.55. The average Bonchev–Trinajstić information content (AvgIpc) is 3.29. The standard InChI is InChI=1S/C18H15FN2O4/c19-12-4-1-5-13(10-12)21-18(23)17(22)20-11-14(15-6-2-8-24-15)16-7-3-9-25-16/h1-10,14H,11H2,(H,20,22)(H,21,23). The summed E-state index contributed by atoms with van der Waals surface area (Å²) in [5.74, 6) is -1.40. The molecular weight excluding hydrogens is 327 g/mol. The maximum atomic E-state index is 13.1. The van der Waals surface area contributed by atoms with Gasteiger partial charge in [-0.15, -0.1) is 0 Å². The molecule has 0 saturated heterocycles. The summed E-state index contributed by atoms with van der Waals surface area (Å²) in [4.78, 5) is 23.9. The van der Waals surface area contributed by atoms with Gasteiger partial charge in [-0.05, 0) is 42.5 Å². The minimum absolute atomic E-state index is 0.108. The van der Waals surface area contributed by atoms with Crippen LogP contribution in [0.3, 0.4) is 0 Å². The molecule has 0 saturated carbocycles. The predicted octanol–water partition coefficient (Wildman–Crippen LogP) is 2.90. The monoisotopic (exact) mass is 342 g/mol. The largest absolute Gasteiger partial charge is 0.469 e. The lowest BCUT2D eigenvalue weighted by molar-refractivity contribution is -0.136. The topological polar surface area (TPSA) is 84.5 Å². The Balaban J connectivity index is 1.62. The molecule has 1 aromatic carbocycles. The molecule has 0 aliphatic heterocycles. The molecule has 3 aromatic rings. The van der Waals surface area contributed by atoms with Crippen LogP contribution in [0.5, 0.6) is 0 Å². The molecule has 0 unspecified atom stereocenters. The van der Waals surface area contributed by atoms with Gasteiger partial charge in [-0.25, -0.2) is 4.39 Å². The molecule has 2 N–H and O–H groups in total. The lowest BCUT2D eigenvalue weighted by atomic mass is 10.0. The van der Waals surface area contributed by atoms with Gasteiger partial charge in [0.25, 0.3) is 0 Å². The Hall–Kier alpha value is -3.35. The number of furan rings is 2. The van der Waals surface area contributed by atoms with Gasteiger partial charge in [0.1, 0.15) is 17.3 Å². The van der Waals surface area contributed by atoms with Crippen LogP contribution >= 0.6 is 0 Å². The lowest BCUT2D eigenvalue weighted by Crippen LogP contribution is -2.37. The third kappa shape index (κ3) is 4.14. The van der Waals surface area contributed by atoms with Crippen molar-refractivity contribution in [2.75, 3.05) is 11.9 Å². The average molecular weight is 342 g/mol. The van der Waals surface area contributed by atoms with Crippen LogP contribution in [0.15, 0.2) is 69.9 Å². The van der Waals surface area contributed by atoms with E-state index in [0.29, 0.717) is 11.5 Å². The van der Waals surface area contributed by atoms with Gasteiger partial charge in [-0.2, -0.15) is 0 Å². The zero-order valence-electron chi connectivity index (χ0n) is 13.1. The van der Waals surface area contributed by atoms with Crippen molar-refractivity contribution in [3.8, 4) is 0 Å². The van der Waals surface area contributed by atoms with Gasteiger partial charge in [0.2, 0.25) is 0 Å². The molecule has 7 heteroatoms. The summed E-state index contributed by atoms with van der Waals surface area (Å²) < 4.78 is 23.8. The number of anilines is 1. The quantitative estimate of drug-likeness (QED) is 0.698. The Labute approximate surface area is 142 Å². The number of carbonyl (C=O) groups excluding carboxylic acids is 2. The summed E-state index contributed by atoms with van der Waals surface area (Å²) in [5, 5.41) is 4.87. The fraction of sp³-hybridized carbons (Fsp3) is 0.111. The molecule has 0 aliphatic rings. The number of benzene rings is 1. The molecule has 2 amide bonds. The van der Waals surface area contributed by atoms with Gasteiger partial charge >= 0.3 is 11.8 Å². The van der Waals surface area contributed by atoms with Crippen molar-refractivity contribution >= 4 is 17.5 Å². The SMILES string of the molecule is O=C(NCC(c1ccco1)c1ccco1)C(=O)Nc1cccc(F)c1. The molecule has 25 heavy (non-hydrogen) atoms. The molecule has 2 heterocycles. The van der Waals surface area contributed by atoms with Crippen LogP contribution < -0.4 is 10.6 Å². The maximum absolute atomic E-state index is 13.1. The molecule has 2 aromatic heterocycles. The van der Waals surface area contributed by atoms with Crippen molar-refractivity contribution in [2.24, 2.45) is 0 Å². The number of rotatable bonds is 5. The van der Waals surface area contributed by atoms with Crippen molar-refractivity contribution in [1.82, 2.24) is 5.32 Å². The van der Waals surface area contributed by atoms with Gasteiger partial charge in [-0.1, -0.05) is 6.07 Å². The van der Waals surface area contributed by atoms with Crippen LogP contribution in [0, 0.1) is 5.82 Å². The highest BCUT2D eigenvalue weighted by molar-refractivity contribution is 6.39. The van der Waals surface area contributed by atoms with E-state index in [1.54, 1.807) is 24.3 Å². The number of hydrogen-bond donors (Lipinski definition) is 2. The Morgan fingerprint density at radius 3 is 2.20 bits per heavy atom. The molecule has 0 bridgehead atoms. The third-order valence-corrected chi connectivity index (χ3v) is 3.53. The van der Waals surface area contributed by atoms with Gasteiger partial charge in [0.05, 0.1) is 18.4 Å². The van der Waals surface area contributed by atoms with E-state index in [0.717, 1.165) is 6.07 Å². The summed E-state index contributed by atoms with van der Waals surface area (Å²) in [6.45, 7) is 0.108. The highest BCUT2D eigenvalue weighted by Gasteiger charge is 2.22. The highest BCUT2D eigenvalue weighted by Crippen LogP contribution is 2.24. The second kappa shape index (κ2) is 7.48. The fourth-order valence-electron chi connectivity index (χ4n) is 2.35. The van der Waals surface area contributed by atoms with E-state index >= 15 is 0 Å². The van der Waals surface area contributed by atoms with E-state index in [9.17, 15) is 14.0 Å². The zero-order chi connectivity index (χ0) is 17.6. The molecule has 0 fully saturated rings. The number of hydrogen-bond acceptors (Lipinski definition) is 4. The van der Waals surface area contributed by atoms with Crippen molar-refractivity contribution in [3.05, 3.63) is 78.4 Å². The summed E-state index contributed by atoms with van der Waals surface area (Å²) in [6, 6.07) is 12.3. The van der Waals surface area contributed by atoms with E-state index in [2.05, 4.69) is 10.6 Å². The van der Waals surface area contributed by atoms with Crippen LogP contribution in [0.2, 0.25) is 0 Å². The predicted molar refractivity (Wildman–Crippen MR) is 87.3 cm³/mol. The second-order valence-electron chi connectivity index (χ2n) is 5.26. The maximum Gasteiger partial charge on any atom is 0.313 e. The summed E-state index contributed by atoms with van der Waals surface area (Å²) in [6.07, 6.45) is 3.04. The summed E-state index contributed by atoms with van der Waals surface area (Å²) in [7, 11) is 0. The smallest absolute Gasteiger partial charge is 0.313 e. The first-order chi connectivity index (χ1) is 12.1. The number of halogens is 1. The summed E-state index contributed by atoms with van der Waals surface area (Å²) >= 11 is 0. The molecular formula is C18H15FN2O4. The molecule has 0 spiro atoms. The van der Waals surface area contributed by atoms with Crippen molar-refractivity contribution in [2.45, 2.75) is 5.92 Å². The second-order valence-corrected chi connectivity index (χ2v) is 5.26. The van der Waals surface area contributed by atoms with Crippen LogP contribution in [0.4, 0.5) is 10.1 Å². The minimum atomic E-state index is -0.886. The van der Waals surface area contributed by atoms with Gasteiger partial charge in [0, 0.05) is 12.2 Å². The van der Waals surface area contributed by atoms with Crippen LogP contribution in [0.25, 0.3) is 0 Å². The van der Waals surface area contributed by atoms with Crippen molar-refractivity contribution in [3.63, 3.8) is 0 Å². The number of nitrogens with one attached hydrogen (secondary N) is 2. The molecule has 0 radical (unpaired) electrons. The Bertz CT molecular complexity index is 810. The van der Waals surface area contributed by atoms with E-state index in [1.807, 2.05) is 0 Å². The van der Waals surface area contributed by atoms with E-state index < -0.39 is 17.6 Å². The first-order valence-electron chi connectivity index (χ1n) is 7.55. The number of amides is 2. The zero-order valence-corrected chi connectivity index (χ0v) is 13.1. The highest BCUT2D eigenvalue weighted by atomic mass is 19.1. The summed E-state index contributed by atoms with van der Waals surface area (Å²) in [5.41, 5.74) is 0.203. The Morgan fingerprint density at radius 1 is 0.960 bits per heavy atom. The Kier molecular flexibility index (Phi) is 4.94. The van der Waals surface area contributed by atoms with E-state index in [1.165, 1.54) is 30.7 Å². The minimum Gasteiger partial charge on any atom is -0.469 e. The van der Waals surface area contributed by atoms with E-state index in [-0.39, 0.29) is 18.2 Å². The van der Waals surface area contributed by atoms with Crippen molar-refractivity contribution < 1.29 is 22.8 Å². The normalized spacial score (nSPS) is 10.6. The molecule has 3 rings (SSSR count). The first kappa shape index (κ1) is 16.5. The molecule has 0 aliphatic carbocycles. The van der Waals surface area contributed by atoms with Gasteiger partial charge in [-0.3, -0.25) is 9.59 Å². The Morgan fingerprint density at radius 2 is 1.64 bits per heavy atom. The van der Waals surface area contributed by atoms with Gasteiger partial charge < -0.3 is 19.5 Å².